The molecule has 0 aliphatic heterocycles. The highest BCUT2D eigenvalue weighted by atomic mass is 79.9. The highest BCUT2D eigenvalue weighted by Gasteiger charge is 2.04. The van der Waals surface area contributed by atoms with Gasteiger partial charge in [-0.2, -0.15) is 0 Å². The first-order valence-corrected chi connectivity index (χ1v) is 5.35. The fraction of sp³-hybridized carbons (Fsp3) is 0.400. The normalized spacial score (nSPS) is 9.93. The zero-order valence-corrected chi connectivity index (χ0v) is 9.51. The maximum absolute atomic E-state index is 11.9. The Kier molecular flexibility index (Phi) is 4.73. The Morgan fingerprint density at radius 2 is 2.14 bits per heavy atom. The summed E-state index contributed by atoms with van der Waals surface area (Å²) < 4.78 is 22.2. The molecule has 0 fully saturated rings. The van der Waals surface area contributed by atoms with E-state index in [9.17, 15) is 4.39 Å². The summed E-state index contributed by atoms with van der Waals surface area (Å²) in [6.07, 6.45) is 0. The van der Waals surface area contributed by atoms with Crippen LogP contribution in [0.4, 0.5) is 4.39 Å². The van der Waals surface area contributed by atoms with Gasteiger partial charge < -0.3 is 9.47 Å². The Balaban J connectivity index is 2.84. The van der Waals surface area contributed by atoms with Crippen molar-refractivity contribution in [2.24, 2.45) is 0 Å². The van der Waals surface area contributed by atoms with Gasteiger partial charge in [0.2, 0.25) is 0 Å². The number of halogens is 2. The monoisotopic (exact) mass is 262 g/mol. The van der Waals surface area contributed by atoms with Gasteiger partial charge in [0.1, 0.15) is 13.3 Å². The Labute approximate surface area is 91.2 Å². The van der Waals surface area contributed by atoms with E-state index >= 15 is 0 Å². The molecule has 1 rings (SSSR count). The van der Waals surface area contributed by atoms with Crippen molar-refractivity contribution in [1.82, 2.24) is 0 Å². The highest BCUT2D eigenvalue weighted by molar-refractivity contribution is 9.08. The lowest BCUT2D eigenvalue weighted by Gasteiger charge is -2.10. The van der Waals surface area contributed by atoms with Crippen molar-refractivity contribution in [3.8, 4) is 11.5 Å². The fourth-order valence-electron chi connectivity index (χ4n) is 1.07. The molecule has 0 unspecified atom stereocenters. The van der Waals surface area contributed by atoms with Gasteiger partial charge in [-0.1, -0.05) is 22.0 Å². The van der Waals surface area contributed by atoms with Gasteiger partial charge in [0.05, 0.1) is 7.11 Å². The third-order valence-corrected chi connectivity index (χ3v) is 2.36. The van der Waals surface area contributed by atoms with Crippen LogP contribution in [0.1, 0.15) is 5.56 Å². The van der Waals surface area contributed by atoms with Crippen LogP contribution in [0, 0.1) is 0 Å². The van der Waals surface area contributed by atoms with Crippen LogP contribution in [0.25, 0.3) is 0 Å². The summed E-state index contributed by atoms with van der Waals surface area (Å²) in [4.78, 5) is 0. The van der Waals surface area contributed by atoms with Crippen molar-refractivity contribution in [1.29, 1.82) is 0 Å². The molecule has 14 heavy (non-hydrogen) atoms. The average molecular weight is 263 g/mol. The van der Waals surface area contributed by atoms with Crippen molar-refractivity contribution >= 4 is 15.9 Å². The third-order valence-electron chi connectivity index (χ3n) is 1.72. The number of hydrogen-bond acceptors (Lipinski definition) is 2. The number of rotatable bonds is 5. The van der Waals surface area contributed by atoms with Gasteiger partial charge in [0, 0.05) is 5.33 Å². The second kappa shape index (κ2) is 5.86. The van der Waals surface area contributed by atoms with Gasteiger partial charge in [-0.05, 0) is 17.7 Å². The van der Waals surface area contributed by atoms with Gasteiger partial charge in [-0.3, -0.25) is 0 Å². The molecular weight excluding hydrogens is 251 g/mol. The van der Waals surface area contributed by atoms with E-state index in [0.29, 0.717) is 11.5 Å². The smallest absolute Gasteiger partial charge is 0.161 e. The number of ether oxygens (including phenoxy) is 2. The van der Waals surface area contributed by atoms with Gasteiger partial charge in [0.15, 0.2) is 11.5 Å². The fourth-order valence-corrected chi connectivity index (χ4v) is 1.41. The Morgan fingerprint density at radius 1 is 1.36 bits per heavy atom. The van der Waals surface area contributed by atoms with E-state index in [1.54, 1.807) is 7.11 Å². The lowest BCUT2D eigenvalue weighted by atomic mass is 10.2. The summed E-state index contributed by atoms with van der Waals surface area (Å²) >= 11 is 3.34. The summed E-state index contributed by atoms with van der Waals surface area (Å²) in [5.41, 5.74) is 1.07. The summed E-state index contributed by atoms with van der Waals surface area (Å²) in [5.74, 6) is 1.21. The van der Waals surface area contributed by atoms with Crippen LogP contribution >= 0.6 is 15.9 Å². The summed E-state index contributed by atoms with van der Waals surface area (Å²) in [7, 11) is 1.56. The largest absolute Gasteiger partial charge is 0.493 e. The SMILES string of the molecule is COc1ccc(CBr)cc1OCCF. The zero-order valence-electron chi connectivity index (χ0n) is 7.93. The quantitative estimate of drug-likeness (QED) is 0.760. The molecule has 0 atom stereocenters. The minimum Gasteiger partial charge on any atom is -0.493 e. The lowest BCUT2D eigenvalue weighted by molar-refractivity contribution is 0.260. The molecule has 4 heteroatoms. The van der Waals surface area contributed by atoms with Crippen molar-refractivity contribution in [2.45, 2.75) is 5.33 Å². The van der Waals surface area contributed by atoms with Crippen molar-refractivity contribution in [2.75, 3.05) is 20.4 Å². The summed E-state index contributed by atoms with van der Waals surface area (Å²) in [5, 5.41) is 0.739. The van der Waals surface area contributed by atoms with E-state index in [1.165, 1.54) is 0 Å². The molecule has 2 nitrogen and oxygen atoms in total. The topological polar surface area (TPSA) is 18.5 Å². The number of benzene rings is 1. The van der Waals surface area contributed by atoms with E-state index in [4.69, 9.17) is 9.47 Å². The van der Waals surface area contributed by atoms with Gasteiger partial charge in [-0.25, -0.2) is 4.39 Å². The molecule has 0 saturated carbocycles. The Morgan fingerprint density at radius 3 is 2.71 bits per heavy atom. The molecule has 0 aromatic heterocycles. The Hall–Kier alpha value is -0.770. The van der Waals surface area contributed by atoms with E-state index in [2.05, 4.69) is 15.9 Å². The molecule has 0 heterocycles. The second-order valence-corrected chi connectivity index (χ2v) is 3.22. The maximum Gasteiger partial charge on any atom is 0.161 e. The predicted molar refractivity (Wildman–Crippen MR) is 57.1 cm³/mol. The first kappa shape index (κ1) is 11.3. The van der Waals surface area contributed by atoms with Gasteiger partial charge in [-0.15, -0.1) is 0 Å². The van der Waals surface area contributed by atoms with Crippen LogP contribution in [0.3, 0.4) is 0 Å². The highest BCUT2D eigenvalue weighted by Crippen LogP contribution is 2.28. The molecule has 0 amide bonds. The van der Waals surface area contributed by atoms with Crippen molar-refractivity contribution in [3.63, 3.8) is 0 Å². The summed E-state index contributed by atoms with van der Waals surface area (Å²) in [6, 6.07) is 5.57. The first-order chi connectivity index (χ1) is 6.81. The number of hydrogen-bond donors (Lipinski definition) is 0. The van der Waals surface area contributed by atoms with Crippen LogP contribution in [-0.2, 0) is 5.33 Å². The molecule has 0 bridgehead atoms. The van der Waals surface area contributed by atoms with Crippen LogP contribution in [0.5, 0.6) is 11.5 Å². The summed E-state index contributed by atoms with van der Waals surface area (Å²) in [6.45, 7) is -0.441. The number of methoxy groups -OCH3 is 1. The molecule has 1 aromatic carbocycles. The molecule has 0 radical (unpaired) electrons. The molecule has 1 aromatic rings. The van der Waals surface area contributed by atoms with E-state index in [1.807, 2.05) is 18.2 Å². The van der Waals surface area contributed by atoms with Gasteiger partial charge in [0.25, 0.3) is 0 Å². The molecular formula is C10H12BrFO2. The van der Waals surface area contributed by atoms with Crippen LogP contribution in [0.15, 0.2) is 18.2 Å². The lowest BCUT2D eigenvalue weighted by Crippen LogP contribution is -2.01. The number of alkyl halides is 2. The standard InChI is InChI=1S/C10H12BrFO2/c1-13-9-3-2-8(7-11)6-10(9)14-5-4-12/h2-3,6H,4-5,7H2,1H3. The molecule has 0 spiro atoms. The molecule has 0 aliphatic rings. The van der Waals surface area contributed by atoms with Crippen LogP contribution in [0.2, 0.25) is 0 Å². The molecule has 0 N–H and O–H groups in total. The van der Waals surface area contributed by atoms with Crippen LogP contribution in [-0.4, -0.2) is 20.4 Å². The van der Waals surface area contributed by atoms with Crippen molar-refractivity contribution in [3.05, 3.63) is 23.8 Å². The Bertz CT molecular complexity index is 291. The molecule has 0 aliphatic carbocycles. The first-order valence-electron chi connectivity index (χ1n) is 4.23. The van der Waals surface area contributed by atoms with E-state index < -0.39 is 6.67 Å². The van der Waals surface area contributed by atoms with Gasteiger partial charge >= 0.3 is 0 Å². The average Bonchev–Trinajstić information content (AvgIpc) is 2.25. The maximum atomic E-state index is 11.9. The molecule has 78 valence electrons. The van der Waals surface area contributed by atoms with E-state index in [-0.39, 0.29) is 6.61 Å². The van der Waals surface area contributed by atoms with E-state index in [0.717, 1.165) is 10.9 Å². The van der Waals surface area contributed by atoms with Crippen LogP contribution < -0.4 is 9.47 Å². The minimum absolute atomic E-state index is 0.0576. The van der Waals surface area contributed by atoms with Crippen molar-refractivity contribution < 1.29 is 13.9 Å². The minimum atomic E-state index is -0.498. The predicted octanol–water partition coefficient (Wildman–Crippen LogP) is 2.94. The second-order valence-electron chi connectivity index (χ2n) is 2.66. The zero-order chi connectivity index (χ0) is 10.4. The third kappa shape index (κ3) is 2.87. The molecule has 0 saturated heterocycles.